The normalized spacial score (nSPS) is 37.3. The number of phenolic OH excluding ortho intramolecular Hbond substituents is 1. The van der Waals surface area contributed by atoms with Crippen molar-refractivity contribution in [3.63, 3.8) is 0 Å². The van der Waals surface area contributed by atoms with Gasteiger partial charge in [0.2, 0.25) is 0 Å². The van der Waals surface area contributed by atoms with Crippen LogP contribution in [-0.2, 0) is 11.3 Å². The maximum absolute atomic E-state index is 12.6. The molecular weight excluding hydrogens is 352 g/mol. The molecule has 0 bridgehead atoms. The number of rotatable bonds is 4. The van der Waals surface area contributed by atoms with Crippen LogP contribution >= 0.6 is 0 Å². The minimum absolute atomic E-state index is 0.122. The van der Waals surface area contributed by atoms with Crippen molar-refractivity contribution in [3.8, 4) is 11.5 Å². The highest BCUT2D eigenvalue weighted by atomic mass is 16.5. The summed E-state index contributed by atoms with van der Waals surface area (Å²) in [6.45, 7) is 9.20. The minimum atomic E-state index is -0.308. The Morgan fingerprint density at radius 2 is 2.14 bits per heavy atom. The van der Waals surface area contributed by atoms with Gasteiger partial charge in [0.1, 0.15) is 23.7 Å². The van der Waals surface area contributed by atoms with Crippen molar-refractivity contribution in [2.75, 3.05) is 0 Å². The number of hydrogen-bond acceptors (Lipinski definition) is 4. The maximum atomic E-state index is 12.6. The molecule has 0 spiro atoms. The smallest absolute Gasteiger partial charge is 0.339 e. The van der Waals surface area contributed by atoms with E-state index in [9.17, 15) is 9.90 Å². The first-order valence-electron chi connectivity index (χ1n) is 10.7. The summed E-state index contributed by atoms with van der Waals surface area (Å²) < 4.78 is 11.8. The molecule has 1 N–H and O–H groups in total. The second-order valence-corrected chi connectivity index (χ2v) is 10.0. The molecule has 0 saturated heterocycles. The van der Waals surface area contributed by atoms with Gasteiger partial charge in [0, 0.05) is 29.0 Å². The Kier molecular flexibility index (Phi) is 3.73. The SMILES string of the molecule is CC(C)/C=C/CC[C@@]1(C)[C@@H]2CC[C@]3(C)Oc4cc(O)c5c(c4[C@H]1[C@H]23)C(=O)OC5. The van der Waals surface area contributed by atoms with Crippen LogP contribution in [0, 0.1) is 23.2 Å². The van der Waals surface area contributed by atoms with E-state index >= 15 is 0 Å². The van der Waals surface area contributed by atoms with Gasteiger partial charge in [-0.25, -0.2) is 4.79 Å². The zero-order valence-electron chi connectivity index (χ0n) is 17.2. The number of esters is 1. The van der Waals surface area contributed by atoms with Gasteiger partial charge >= 0.3 is 5.97 Å². The Morgan fingerprint density at radius 1 is 1.36 bits per heavy atom. The molecule has 150 valence electrons. The van der Waals surface area contributed by atoms with Crippen LogP contribution < -0.4 is 4.74 Å². The molecule has 0 radical (unpaired) electrons. The van der Waals surface area contributed by atoms with Gasteiger partial charge in [0.15, 0.2) is 0 Å². The summed E-state index contributed by atoms with van der Waals surface area (Å²) in [6, 6.07) is 1.72. The first kappa shape index (κ1) is 18.1. The Hall–Kier alpha value is -1.97. The molecule has 4 aliphatic rings. The summed E-state index contributed by atoms with van der Waals surface area (Å²) in [5.41, 5.74) is 2.18. The fraction of sp³-hybridized carbons (Fsp3) is 0.625. The van der Waals surface area contributed by atoms with Gasteiger partial charge < -0.3 is 14.6 Å². The van der Waals surface area contributed by atoms with Gasteiger partial charge in [-0.2, -0.15) is 0 Å². The molecular formula is C24H30O4. The number of hydrogen-bond donors (Lipinski definition) is 1. The van der Waals surface area contributed by atoms with E-state index in [1.165, 1.54) is 6.42 Å². The van der Waals surface area contributed by atoms with Crippen LogP contribution in [0.15, 0.2) is 18.2 Å². The van der Waals surface area contributed by atoms with Crippen molar-refractivity contribution in [1.29, 1.82) is 0 Å². The highest BCUT2D eigenvalue weighted by Gasteiger charge is 2.71. The zero-order chi connectivity index (χ0) is 19.8. The molecule has 2 aliphatic carbocycles. The van der Waals surface area contributed by atoms with Crippen molar-refractivity contribution < 1.29 is 19.4 Å². The lowest BCUT2D eigenvalue weighted by Gasteiger charge is -2.64. The summed E-state index contributed by atoms with van der Waals surface area (Å²) in [4.78, 5) is 12.6. The van der Waals surface area contributed by atoms with E-state index in [2.05, 4.69) is 39.8 Å². The predicted octanol–water partition coefficient (Wildman–Crippen LogP) is 5.34. The molecule has 28 heavy (non-hydrogen) atoms. The first-order chi connectivity index (χ1) is 13.3. The van der Waals surface area contributed by atoms with Crippen molar-refractivity contribution in [1.82, 2.24) is 0 Å². The Balaban J connectivity index is 1.59. The van der Waals surface area contributed by atoms with Crippen LogP contribution in [0.25, 0.3) is 0 Å². The Labute approximate surface area is 166 Å². The lowest BCUT2D eigenvalue weighted by molar-refractivity contribution is -0.132. The largest absolute Gasteiger partial charge is 0.507 e. The van der Waals surface area contributed by atoms with E-state index in [-0.39, 0.29) is 29.3 Å². The molecule has 5 rings (SSSR count). The second-order valence-electron chi connectivity index (χ2n) is 10.0. The van der Waals surface area contributed by atoms with Crippen molar-refractivity contribution in [3.05, 3.63) is 34.9 Å². The maximum Gasteiger partial charge on any atom is 0.339 e. The molecule has 0 aromatic heterocycles. The molecule has 0 amide bonds. The van der Waals surface area contributed by atoms with E-state index in [0.29, 0.717) is 40.5 Å². The van der Waals surface area contributed by atoms with Gasteiger partial charge in [-0.1, -0.05) is 32.9 Å². The summed E-state index contributed by atoms with van der Waals surface area (Å²) in [6.07, 6.45) is 8.98. The average molecular weight is 383 g/mol. The van der Waals surface area contributed by atoms with Gasteiger partial charge in [-0.15, -0.1) is 0 Å². The van der Waals surface area contributed by atoms with Crippen molar-refractivity contribution in [2.24, 2.45) is 23.2 Å². The summed E-state index contributed by atoms with van der Waals surface area (Å²) in [5.74, 6) is 2.45. The molecule has 0 unspecified atom stereocenters. The molecule has 2 heterocycles. The number of carbonyl (C=O) groups is 1. The van der Waals surface area contributed by atoms with Gasteiger partial charge in [-0.3, -0.25) is 0 Å². The quantitative estimate of drug-likeness (QED) is 0.564. The van der Waals surface area contributed by atoms with Crippen molar-refractivity contribution in [2.45, 2.75) is 71.5 Å². The molecule has 5 atom stereocenters. The molecule has 4 heteroatoms. The van der Waals surface area contributed by atoms with Crippen LogP contribution in [0.4, 0.5) is 0 Å². The summed E-state index contributed by atoms with van der Waals surface area (Å²) in [5, 5.41) is 10.5. The predicted molar refractivity (Wildman–Crippen MR) is 107 cm³/mol. The third kappa shape index (κ3) is 2.20. The highest BCUT2D eigenvalue weighted by Crippen LogP contribution is 2.75. The Morgan fingerprint density at radius 3 is 2.89 bits per heavy atom. The number of allylic oxidation sites excluding steroid dienone is 2. The zero-order valence-corrected chi connectivity index (χ0v) is 17.2. The number of phenols is 1. The van der Waals surface area contributed by atoms with Crippen LogP contribution in [-0.4, -0.2) is 16.7 Å². The number of fused-ring (bicyclic) bond motifs is 4. The third-order valence-electron chi connectivity index (χ3n) is 8.00. The Bertz CT molecular complexity index is 885. The molecule has 1 aromatic rings. The van der Waals surface area contributed by atoms with Crippen LogP contribution in [0.3, 0.4) is 0 Å². The van der Waals surface area contributed by atoms with E-state index in [0.717, 1.165) is 24.8 Å². The van der Waals surface area contributed by atoms with E-state index < -0.39 is 0 Å². The average Bonchev–Trinajstić information content (AvgIpc) is 3.16. The van der Waals surface area contributed by atoms with Gasteiger partial charge in [-0.05, 0) is 49.9 Å². The summed E-state index contributed by atoms with van der Waals surface area (Å²) in [7, 11) is 0. The van der Waals surface area contributed by atoms with Gasteiger partial charge in [0.05, 0.1) is 5.56 Å². The number of carbonyl (C=O) groups excluding carboxylic acids is 1. The van der Waals surface area contributed by atoms with Crippen LogP contribution in [0.2, 0.25) is 0 Å². The van der Waals surface area contributed by atoms with Crippen molar-refractivity contribution >= 4 is 5.97 Å². The second kappa shape index (κ2) is 5.77. The van der Waals surface area contributed by atoms with E-state index in [4.69, 9.17) is 9.47 Å². The number of benzene rings is 1. The molecule has 4 nitrogen and oxygen atoms in total. The fourth-order valence-electron chi connectivity index (χ4n) is 6.73. The third-order valence-corrected chi connectivity index (χ3v) is 8.00. The van der Waals surface area contributed by atoms with E-state index in [1.54, 1.807) is 6.07 Å². The van der Waals surface area contributed by atoms with Crippen LogP contribution in [0.1, 0.15) is 80.8 Å². The number of ether oxygens (including phenoxy) is 2. The molecule has 2 saturated carbocycles. The minimum Gasteiger partial charge on any atom is -0.507 e. The fourth-order valence-corrected chi connectivity index (χ4v) is 6.73. The van der Waals surface area contributed by atoms with E-state index in [1.807, 2.05) is 0 Å². The summed E-state index contributed by atoms with van der Waals surface area (Å²) >= 11 is 0. The van der Waals surface area contributed by atoms with Gasteiger partial charge in [0.25, 0.3) is 0 Å². The highest BCUT2D eigenvalue weighted by molar-refractivity contribution is 5.97. The number of cyclic esters (lactones) is 1. The monoisotopic (exact) mass is 382 g/mol. The first-order valence-corrected chi connectivity index (χ1v) is 10.7. The lowest BCUT2D eigenvalue weighted by Crippen LogP contribution is -2.61. The topological polar surface area (TPSA) is 55.8 Å². The molecule has 2 fully saturated rings. The standard InChI is InChI=1S/C24H30O4/c1-13(2)7-5-6-9-23(3)15-8-10-24(4)20(15)21(23)19-17(28-24)11-16(25)14-12-27-22(26)18(14)19/h5,7,11,13,15,20-21,25H,6,8-10,12H2,1-4H3/b7-5+/t15-,20+,21+,23+,24+/m1/s1. The van der Waals surface area contributed by atoms with Crippen LogP contribution in [0.5, 0.6) is 11.5 Å². The molecule has 2 aliphatic heterocycles. The lowest BCUT2D eigenvalue weighted by atomic mass is 9.42. The number of aromatic hydroxyl groups is 1. The molecule has 1 aromatic carbocycles.